The first-order chi connectivity index (χ1) is 10.8. The molecule has 22 heavy (non-hydrogen) atoms. The highest BCUT2D eigenvalue weighted by atomic mass is 16.5. The van der Waals surface area contributed by atoms with Crippen molar-refractivity contribution in [3.8, 4) is 5.75 Å². The smallest absolute Gasteiger partial charge is 0.226 e. The van der Waals surface area contributed by atoms with Crippen LogP contribution in [-0.2, 0) is 17.8 Å². The fourth-order valence-corrected chi connectivity index (χ4v) is 2.22. The molecule has 1 heterocycles. The molecule has 0 radical (unpaired) electrons. The number of carbonyl (C=O) groups is 1. The molecule has 0 fully saturated rings. The zero-order valence-electron chi connectivity index (χ0n) is 12.2. The molecular weight excluding hydrogens is 280 g/mol. The van der Waals surface area contributed by atoms with E-state index >= 15 is 0 Å². The molecule has 1 N–H and O–H groups in total. The Morgan fingerprint density at radius 1 is 1.18 bits per heavy atom. The number of ether oxygens (including phenoxy) is 1. The summed E-state index contributed by atoms with van der Waals surface area (Å²) in [7, 11) is 1.62. The van der Waals surface area contributed by atoms with Crippen molar-refractivity contribution in [1.29, 1.82) is 0 Å². The third-order valence-corrected chi connectivity index (χ3v) is 3.43. The van der Waals surface area contributed by atoms with Crippen LogP contribution in [0.4, 0.5) is 0 Å². The predicted octanol–water partition coefficient (Wildman–Crippen LogP) is 2.70. The van der Waals surface area contributed by atoms with Crippen LogP contribution in [0.15, 0.2) is 53.1 Å². The second-order valence-corrected chi connectivity index (χ2v) is 4.93. The van der Waals surface area contributed by atoms with Gasteiger partial charge in [-0.05, 0) is 29.8 Å². The summed E-state index contributed by atoms with van der Waals surface area (Å²) in [5.74, 6) is 0.707. The molecule has 0 unspecified atom stereocenters. The lowest BCUT2D eigenvalue weighted by Gasteiger charge is -2.05. The first-order valence-electron chi connectivity index (χ1n) is 6.99. The molecule has 0 aliphatic heterocycles. The van der Waals surface area contributed by atoms with Gasteiger partial charge in [0.1, 0.15) is 11.4 Å². The number of rotatable bonds is 5. The molecule has 3 rings (SSSR count). The second-order valence-electron chi connectivity index (χ2n) is 4.93. The molecule has 0 saturated heterocycles. The van der Waals surface area contributed by atoms with Gasteiger partial charge in [-0.1, -0.05) is 29.4 Å². The Kier molecular flexibility index (Phi) is 4.05. The maximum atomic E-state index is 12.0. The van der Waals surface area contributed by atoms with Crippen molar-refractivity contribution < 1.29 is 14.1 Å². The fraction of sp³-hybridized carbons (Fsp3) is 0.176. The quantitative estimate of drug-likeness (QED) is 0.786. The largest absolute Gasteiger partial charge is 0.497 e. The van der Waals surface area contributed by atoms with Crippen molar-refractivity contribution in [2.45, 2.75) is 13.0 Å². The predicted molar refractivity (Wildman–Crippen MR) is 82.6 cm³/mol. The van der Waals surface area contributed by atoms with Gasteiger partial charge in [-0.15, -0.1) is 0 Å². The van der Waals surface area contributed by atoms with Gasteiger partial charge in [-0.3, -0.25) is 4.79 Å². The minimum atomic E-state index is -0.0881. The summed E-state index contributed by atoms with van der Waals surface area (Å²) >= 11 is 0. The number of para-hydroxylation sites is 1. The van der Waals surface area contributed by atoms with Crippen LogP contribution in [0.2, 0.25) is 0 Å². The number of nitrogens with one attached hydrogen (secondary N) is 1. The Morgan fingerprint density at radius 2 is 1.95 bits per heavy atom. The fourth-order valence-electron chi connectivity index (χ4n) is 2.22. The summed E-state index contributed by atoms with van der Waals surface area (Å²) in [6.07, 6.45) is 0.202. The summed E-state index contributed by atoms with van der Waals surface area (Å²) in [4.78, 5) is 12.0. The van der Waals surface area contributed by atoms with Crippen LogP contribution in [0.25, 0.3) is 11.0 Å². The van der Waals surface area contributed by atoms with Gasteiger partial charge in [0.25, 0.3) is 0 Å². The molecule has 0 spiro atoms. The maximum Gasteiger partial charge on any atom is 0.226 e. The molecule has 0 aliphatic rings. The zero-order chi connectivity index (χ0) is 15.4. The maximum absolute atomic E-state index is 12.0. The van der Waals surface area contributed by atoms with Crippen molar-refractivity contribution >= 4 is 16.9 Å². The number of carbonyl (C=O) groups excluding carboxylic acids is 1. The van der Waals surface area contributed by atoms with E-state index in [-0.39, 0.29) is 12.3 Å². The molecule has 5 nitrogen and oxygen atoms in total. The Morgan fingerprint density at radius 3 is 2.73 bits per heavy atom. The molecule has 112 valence electrons. The Hall–Kier alpha value is -2.82. The minimum absolute atomic E-state index is 0.0881. The summed E-state index contributed by atoms with van der Waals surface area (Å²) < 4.78 is 10.3. The Labute approximate surface area is 127 Å². The minimum Gasteiger partial charge on any atom is -0.497 e. The molecule has 5 heteroatoms. The number of hydrogen-bond donors (Lipinski definition) is 1. The summed E-state index contributed by atoms with van der Waals surface area (Å²) in [5, 5.41) is 7.72. The molecule has 0 bridgehead atoms. The van der Waals surface area contributed by atoms with Gasteiger partial charge in [0.05, 0.1) is 13.5 Å². The molecule has 2 aromatic carbocycles. The normalized spacial score (nSPS) is 10.6. The van der Waals surface area contributed by atoms with Gasteiger partial charge in [0.15, 0.2) is 5.58 Å². The van der Waals surface area contributed by atoms with E-state index in [1.54, 1.807) is 7.11 Å². The highest BCUT2D eigenvalue weighted by molar-refractivity contribution is 5.86. The van der Waals surface area contributed by atoms with E-state index in [1.165, 1.54) is 0 Å². The lowest BCUT2D eigenvalue weighted by atomic mass is 10.1. The highest BCUT2D eigenvalue weighted by Gasteiger charge is 2.11. The van der Waals surface area contributed by atoms with E-state index in [0.717, 1.165) is 16.7 Å². The monoisotopic (exact) mass is 296 g/mol. The molecule has 3 aromatic rings. The molecule has 0 aliphatic carbocycles. The number of aromatic nitrogens is 1. The van der Waals surface area contributed by atoms with Crippen LogP contribution in [0.1, 0.15) is 11.3 Å². The molecule has 1 aromatic heterocycles. The van der Waals surface area contributed by atoms with E-state index < -0.39 is 0 Å². The van der Waals surface area contributed by atoms with Crippen molar-refractivity contribution in [2.24, 2.45) is 0 Å². The third kappa shape index (κ3) is 3.09. The number of methoxy groups -OCH3 is 1. The van der Waals surface area contributed by atoms with Crippen LogP contribution >= 0.6 is 0 Å². The number of amides is 1. The van der Waals surface area contributed by atoms with Crippen molar-refractivity contribution in [2.75, 3.05) is 7.11 Å². The molecule has 1 amide bonds. The molecule has 0 atom stereocenters. The second kappa shape index (κ2) is 6.30. The standard InChI is InChI=1S/C17H16N2O3/c1-21-13-8-6-12(7-9-13)11-18-17(20)10-15-14-4-2-3-5-16(14)22-19-15/h2-9H,10-11H2,1H3,(H,18,20). The van der Waals surface area contributed by atoms with Gasteiger partial charge < -0.3 is 14.6 Å². The van der Waals surface area contributed by atoms with Gasteiger partial charge in [-0.2, -0.15) is 0 Å². The molecular formula is C17H16N2O3. The third-order valence-electron chi connectivity index (χ3n) is 3.43. The van der Waals surface area contributed by atoms with Gasteiger partial charge in [0.2, 0.25) is 5.91 Å². The lowest BCUT2D eigenvalue weighted by molar-refractivity contribution is -0.120. The van der Waals surface area contributed by atoms with E-state index in [1.807, 2.05) is 48.5 Å². The van der Waals surface area contributed by atoms with E-state index in [9.17, 15) is 4.79 Å². The first-order valence-corrected chi connectivity index (χ1v) is 6.99. The number of hydrogen-bond acceptors (Lipinski definition) is 4. The van der Waals surface area contributed by atoms with E-state index in [0.29, 0.717) is 17.8 Å². The summed E-state index contributed by atoms with van der Waals surface area (Å²) in [5.41, 5.74) is 2.36. The van der Waals surface area contributed by atoms with Gasteiger partial charge in [-0.25, -0.2) is 0 Å². The lowest BCUT2D eigenvalue weighted by Crippen LogP contribution is -2.24. The number of nitrogens with zero attached hydrogens (tertiary/aromatic N) is 1. The summed E-state index contributed by atoms with van der Waals surface area (Å²) in [6.45, 7) is 0.471. The van der Waals surface area contributed by atoms with E-state index in [4.69, 9.17) is 9.26 Å². The van der Waals surface area contributed by atoms with Gasteiger partial charge >= 0.3 is 0 Å². The van der Waals surface area contributed by atoms with Crippen LogP contribution in [0, 0.1) is 0 Å². The first kappa shape index (κ1) is 14.1. The highest BCUT2D eigenvalue weighted by Crippen LogP contribution is 2.18. The average Bonchev–Trinajstić information content (AvgIpc) is 2.97. The van der Waals surface area contributed by atoms with Crippen LogP contribution in [0.3, 0.4) is 0 Å². The molecule has 0 saturated carbocycles. The van der Waals surface area contributed by atoms with Crippen LogP contribution < -0.4 is 10.1 Å². The number of fused-ring (bicyclic) bond motifs is 1. The van der Waals surface area contributed by atoms with Gasteiger partial charge in [0, 0.05) is 11.9 Å². The number of benzene rings is 2. The zero-order valence-corrected chi connectivity index (χ0v) is 12.2. The van der Waals surface area contributed by atoms with Crippen molar-refractivity contribution in [3.05, 3.63) is 59.8 Å². The average molecular weight is 296 g/mol. The summed E-state index contributed by atoms with van der Waals surface area (Å²) in [6, 6.07) is 15.1. The Balaban J connectivity index is 1.60. The SMILES string of the molecule is COc1ccc(CNC(=O)Cc2noc3ccccc23)cc1. The Bertz CT molecular complexity index is 778. The van der Waals surface area contributed by atoms with E-state index in [2.05, 4.69) is 10.5 Å². The van der Waals surface area contributed by atoms with Crippen molar-refractivity contribution in [3.63, 3.8) is 0 Å². The van der Waals surface area contributed by atoms with Crippen LogP contribution in [-0.4, -0.2) is 18.2 Å². The van der Waals surface area contributed by atoms with Crippen LogP contribution in [0.5, 0.6) is 5.75 Å². The van der Waals surface area contributed by atoms with Crippen molar-refractivity contribution in [1.82, 2.24) is 10.5 Å². The topological polar surface area (TPSA) is 64.4 Å².